The number of carbonyl (C=O) groups excluding carboxylic acids is 1. The van der Waals surface area contributed by atoms with E-state index in [1.807, 2.05) is 30.9 Å². The average Bonchev–Trinajstić information content (AvgIpc) is 2.87. The quantitative estimate of drug-likeness (QED) is 0.367. The summed E-state index contributed by atoms with van der Waals surface area (Å²) in [5.74, 6) is 0.0332. The molecule has 0 radical (unpaired) electrons. The van der Waals surface area contributed by atoms with Crippen LogP contribution in [0.3, 0.4) is 0 Å². The van der Waals surface area contributed by atoms with Gasteiger partial charge < -0.3 is 20.1 Å². The highest BCUT2D eigenvalue weighted by molar-refractivity contribution is 6.29. The molecule has 10 heteroatoms. The van der Waals surface area contributed by atoms with Crippen LogP contribution in [0, 0.1) is 24.2 Å². The minimum Gasteiger partial charge on any atom is -0.464 e. The number of aliphatic hydroxyl groups is 1. The van der Waals surface area contributed by atoms with Gasteiger partial charge in [0.25, 0.3) is 0 Å². The third-order valence-electron chi connectivity index (χ3n) is 6.55. The van der Waals surface area contributed by atoms with Crippen molar-refractivity contribution in [3.05, 3.63) is 51.9 Å². The molecule has 0 amide bonds. The second-order valence-corrected chi connectivity index (χ2v) is 9.59. The summed E-state index contributed by atoms with van der Waals surface area (Å²) in [6.07, 6.45) is 1.39. The summed E-state index contributed by atoms with van der Waals surface area (Å²) in [4.78, 5) is 28.1. The molecule has 0 aliphatic carbocycles. The number of rotatable bonds is 6. The molecular formula is C26H29ClN6O3. The van der Waals surface area contributed by atoms with Crippen molar-refractivity contribution in [1.82, 2.24) is 15.0 Å². The van der Waals surface area contributed by atoms with Crippen LogP contribution in [-0.4, -0.2) is 52.3 Å². The standard InChI is InChI=1S/C26H29ClN6O3/c1-14-10-18(15(2)29-19-7-8-22(27)31-24(19)26(35)36-4)23-20(11-14)30-21(12-28)25(32-23)33-9-5-6-17(13-33)16(3)34/h7-8,10-11,15-17,29,34H,5-6,9,13H2,1-4H3/t15-,16-,17-/m1/s1. The summed E-state index contributed by atoms with van der Waals surface area (Å²) >= 11 is 6.01. The minimum absolute atomic E-state index is 0.0878. The van der Waals surface area contributed by atoms with E-state index in [0.717, 1.165) is 30.5 Å². The molecule has 3 heterocycles. The summed E-state index contributed by atoms with van der Waals surface area (Å²) < 4.78 is 4.87. The Morgan fingerprint density at radius 1 is 1.31 bits per heavy atom. The molecular weight excluding hydrogens is 480 g/mol. The number of esters is 1. The van der Waals surface area contributed by atoms with Crippen LogP contribution in [0.2, 0.25) is 5.15 Å². The van der Waals surface area contributed by atoms with Gasteiger partial charge >= 0.3 is 5.97 Å². The van der Waals surface area contributed by atoms with Crippen LogP contribution in [-0.2, 0) is 4.74 Å². The van der Waals surface area contributed by atoms with Gasteiger partial charge in [0.05, 0.1) is 36.0 Å². The van der Waals surface area contributed by atoms with E-state index in [1.54, 1.807) is 19.1 Å². The second-order valence-electron chi connectivity index (χ2n) is 9.21. The van der Waals surface area contributed by atoms with E-state index in [1.165, 1.54) is 7.11 Å². The summed E-state index contributed by atoms with van der Waals surface area (Å²) in [6, 6.07) is 9.12. The van der Waals surface area contributed by atoms with Gasteiger partial charge in [0.15, 0.2) is 17.2 Å². The Balaban J connectivity index is 1.77. The molecule has 4 rings (SSSR count). The Kier molecular flexibility index (Phi) is 7.57. The molecule has 0 bridgehead atoms. The third kappa shape index (κ3) is 5.20. The number of nitrogens with one attached hydrogen (secondary N) is 1. The van der Waals surface area contributed by atoms with Gasteiger partial charge in [0.2, 0.25) is 0 Å². The van der Waals surface area contributed by atoms with Gasteiger partial charge in [-0.1, -0.05) is 17.7 Å². The lowest BCUT2D eigenvalue weighted by atomic mass is 9.93. The van der Waals surface area contributed by atoms with Gasteiger partial charge in [0, 0.05) is 24.6 Å². The molecule has 188 valence electrons. The first-order valence-electron chi connectivity index (χ1n) is 11.9. The lowest BCUT2D eigenvalue weighted by Crippen LogP contribution is -2.40. The van der Waals surface area contributed by atoms with Gasteiger partial charge in [0.1, 0.15) is 11.2 Å². The average molecular weight is 509 g/mol. The van der Waals surface area contributed by atoms with Crippen molar-refractivity contribution in [2.45, 2.75) is 45.8 Å². The summed E-state index contributed by atoms with van der Waals surface area (Å²) in [7, 11) is 1.29. The van der Waals surface area contributed by atoms with Crippen LogP contribution in [0.15, 0.2) is 24.3 Å². The number of aliphatic hydroxyl groups excluding tert-OH is 1. The lowest BCUT2D eigenvalue weighted by Gasteiger charge is -2.35. The highest BCUT2D eigenvalue weighted by atomic mass is 35.5. The molecule has 36 heavy (non-hydrogen) atoms. The number of anilines is 2. The first-order chi connectivity index (χ1) is 17.2. The number of carbonyl (C=O) groups is 1. The molecule has 3 aromatic rings. The van der Waals surface area contributed by atoms with Crippen molar-refractivity contribution >= 4 is 40.1 Å². The Hall–Kier alpha value is -3.48. The fourth-order valence-corrected chi connectivity index (χ4v) is 4.81. The topological polar surface area (TPSA) is 124 Å². The number of nitrogens with zero attached hydrogens (tertiary/aromatic N) is 5. The Bertz CT molecular complexity index is 1340. The molecule has 0 spiro atoms. The maximum atomic E-state index is 12.3. The normalized spacial score (nSPS) is 17.4. The third-order valence-corrected chi connectivity index (χ3v) is 6.76. The molecule has 2 aromatic heterocycles. The van der Waals surface area contributed by atoms with Crippen molar-refractivity contribution in [2.75, 3.05) is 30.4 Å². The highest BCUT2D eigenvalue weighted by Crippen LogP contribution is 2.32. The van der Waals surface area contributed by atoms with Crippen LogP contribution < -0.4 is 10.2 Å². The van der Waals surface area contributed by atoms with Gasteiger partial charge in [-0.05, 0) is 57.4 Å². The van der Waals surface area contributed by atoms with E-state index >= 15 is 0 Å². The Morgan fingerprint density at radius 2 is 2.08 bits per heavy atom. The second kappa shape index (κ2) is 10.6. The summed E-state index contributed by atoms with van der Waals surface area (Å²) in [5, 5.41) is 23.5. The predicted molar refractivity (Wildman–Crippen MR) is 138 cm³/mol. The number of methoxy groups -OCH3 is 1. The maximum Gasteiger partial charge on any atom is 0.358 e. The van der Waals surface area contributed by atoms with E-state index < -0.39 is 12.1 Å². The number of aryl methyl sites for hydroxylation is 1. The molecule has 1 fully saturated rings. The largest absolute Gasteiger partial charge is 0.464 e. The molecule has 1 saturated heterocycles. The zero-order chi connectivity index (χ0) is 26.0. The number of hydrogen-bond acceptors (Lipinski definition) is 9. The monoisotopic (exact) mass is 508 g/mol. The van der Waals surface area contributed by atoms with E-state index in [0.29, 0.717) is 29.1 Å². The molecule has 1 aliphatic rings. The fourth-order valence-electron chi connectivity index (χ4n) is 4.66. The Morgan fingerprint density at radius 3 is 2.78 bits per heavy atom. The summed E-state index contributed by atoms with van der Waals surface area (Å²) in [6.45, 7) is 7.06. The molecule has 1 aromatic carbocycles. The lowest BCUT2D eigenvalue weighted by molar-refractivity contribution is 0.0595. The summed E-state index contributed by atoms with van der Waals surface area (Å²) in [5.41, 5.74) is 3.93. The van der Waals surface area contributed by atoms with E-state index in [9.17, 15) is 15.2 Å². The van der Waals surface area contributed by atoms with Crippen LogP contribution >= 0.6 is 11.6 Å². The van der Waals surface area contributed by atoms with Gasteiger partial charge in [-0.25, -0.2) is 19.7 Å². The van der Waals surface area contributed by atoms with Crippen LogP contribution in [0.1, 0.15) is 60.0 Å². The number of ether oxygens (including phenoxy) is 1. The zero-order valence-electron chi connectivity index (χ0n) is 20.7. The van der Waals surface area contributed by atoms with E-state index in [2.05, 4.69) is 21.4 Å². The van der Waals surface area contributed by atoms with E-state index in [4.69, 9.17) is 21.3 Å². The fraction of sp³-hybridized carbons (Fsp3) is 0.423. The number of fused-ring (bicyclic) bond motifs is 1. The zero-order valence-corrected chi connectivity index (χ0v) is 21.5. The molecule has 3 atom stereocenters. The number of piperidine rings is 1. The smallest absolute Gasteiger partial charge is 0.358 e. The molecule has 1 aliphatic heterocycles. The van der Waals surface area contributed by atoms with Crippen molar-refractivity contribution in [3.8, 4) is 6.07 Å². The van der Waals surface area contributed by atoms with Gasteiger partial charge in [-0.15, -0.1) is 0 Å². The number of halogens is 1. The maximum absolute atomic E-state index is 12.3. The van der Waals surface area contributed by atoms with Crippen molar-refractivity contribution in [3.63, 3.8) is 0 Å². The van der Waals surface area contributed by atoms with Crippen LogP contribution in [0.4, 0.5) is 11.5 Å². The van der Waals surface area contributed by atoms with Crippen molar-refractivity contribution < 1.29 is 14.6 Å². The van der Waals surface area contributed by atoms with Gasteiger partial charge in [-0.2, -0.15) is 5.26 Å². The highest BCUT2D eigenvalue weighted by Gasteiger charge is 2.27. The first kappa shape index (κ1) is 25.6. The molecule has 9 nitrogen and oxygen atoms in total. The van der Waals surface area contributed by atoms with E-state index in [-0.39, 0.29) is 28.5 Å². The number of benzene rings is 1. The number of hydrogen-bond donors (Lipinski definition) is 2. The number of nitriles is 1. The van der Waals surface area contributed by atoms with Crippen molar-refractivity contribution in [1.29, 1.82) is 5.26 Å². The SMILES string of the molecule is COC(=O)c1nc(Cl)ccc1N[C@H](C)c1cc(C)cc2nc(C#N)c(N3CCC[C@@H]([C@@H](C)O)C3)nc12. The molecule has 2 N–H and O–H groups in total. The number of aromatic nitrogens is 3. The van der Waals surface area contributed by atoms with Crippen molar-refractivity contribution in [2.24, 2.45) is 5.92 Å². The minimum atomic E-state index is -0.597. The predicted octanol–water partition coefficient (Wildman–Crippen LogP) is 4.42. The van der Waals surface area contributed by atoms with Crippen LogP contribution in [0.25, 0.3) is 11.0 Å². The molecule has 0 unspecified atom stereocenters. The number of pyridine rings is 1. The molecule has 0 saturated carbocycles. The first-order valence-corrected chi connectivity index (χ1v) is 12.3. The Labute approximate surface area is 215 Å². The van der Waals surface area contributed by atoms with Gasteiger partial charge in [-0.3, -0.25) is 0 Å². The van der Waals surface area contributed by atoms with Crippen LogP contribution in [0.5, 0.6) is 0 Å².